The minimum absolute atomic E-state index is 0.0753. The molecular formula is C19H25NO5S2. The van der Waals surface area contributed by atoms with E-state index in [9.17, 15) is 17.8 Å². The maximum Gasteiger partial charge on any atom is 0.229 e. The van der Waals surface area contributed by atoms with Crippen molar-refractivity contribution in [1.29, 1.82) is 0 Å². The number of anilines is 1. The number of aryl methyl sites for hydroxylation is 1. The van der Waals surface area contributed by atoms with Crippen molar-refractivity contribution in [2.75, 3.05) is 30.7 Å². The van der Waals surface area contributed by atoms with Crippen molar-refractivity contribution < 1.29 is 22.5 Å². The maximum atomic E-state index is 11.5. The van der Waals surface area contributed by atoms with Crippen molar-refractivity contribution >= 4 is 32.6 Å². The normalized spacial score (nSPS) is 10.7. The SMILES string of the molecule is COc1ccc(NC(=O)CC[S+](C)C)cc1.Cc1ccc(S(=O)(=O)[O-])cc1. The zero-order valence-electron chi connectivity index (χ0n) is 15.9. The van der Waals surface area contributed by atoms with Crippen LogP contribution in [0.5, 0.6) is 5.75 Å². The van der Waals surface area contributed by atoms with Gasteiger partial charge in [-0.1, -0.05) is 17.7 Å². The van der Waals surface area contributed by atoms with Gasteiger partial charge >= 0.3 is 0 Å². The number of carbonyl (C=O) groups is 1. The molecule has 0 aromatic heterocycles. The van der Waals surface area contributed by atoms with Crippen molar-refractivity contribution in [2.24, 2.45) is 0 Å². The summed E-state index contributed by atoms with van der Waals surface area (Å²) in [7, 11) is -2.33. The van der Waals surface area contributed by atoms with Gasteiger partial charge in [-0.15, -0.1) is 0 Å². The molecule has 0 aliphatic heterocycles. The molecule has 0 aliphatic carbocycles. The van der Waals surface area contributed by atoms with E-state index in [0.29, 0.717) is 17.3 Å². The summed E-state index contributed by atoms with van der Waals surface area (Å²) in [5.41, 5.74) is 1.75. The fraction of sp³-hybridized carbons (Fsp3) is 0.316. The van der Waals surface area contributed by atoms with Crippen LogP contribution in [0.4, 0.5) is 5.69 Å². The molecule has 27 heavy (non-hydrogen) atoms. The van der Waals surface area contributed by atoms with E-state index >= 15 is 0 Å². The van der Waals surface area contributed by atoms with Gasteiger partial charge in [0.2, 0.25) is 5.91 Å². The number of hydrogen-bond donors (Lipinski definition) is 1. The Labute approximate surface area is 164 Å². The summed E-state index contributed by atoms with van der Waals surface area (Å²) >= 11 is 0. The van der Waals surface area contributed by atoms with Crippen LogP contribution in [-0.4, -0.2) is 44.3 Å². The molecule has 0 spiro atoms. The smallest absolute Gasteiger partial charge is 0.229 e. The highest BCUT2D eigenvalue weighted by atomic mass is 32.2. The predicted octanol–water partition coefficient (Wildman–Crippen LogP) is 2.80. The number of ether oxygens (including phenoxy) is 1. The number of rotatable bonds is 6. The number of carbonyl (C=O) groups excluding carboxylic acids is 1. The van der Waals surface area contributed by atoms with Crippen LogP contribution in [0.1, 0.15) is 12.0 Å². The Morgan fingerprint density at radius 2 is 1.63 bits per heavy atom. The molecule has 1 amide bonds. The van der Waals surface area contributed by atoms with Crippen LogP contribution in [0.25, 0.3) is 0 Å². The average Bonchev–Trinajstić information content (AvgIpc) is 2.61. The number of hydrogen-bond acceptors (Lipinski definition) is 5. The van der Waals surface area contributed by atoms with E-state index in [2.05, 4.69) is 17.8 Å². The molecule has 0 unspecified atom stereocenters. The lowest BCUT2D eigenvalue weighted by molar-refractivity contribution is -0.115. The molecule has 2 aromatic carbocycles. The number of nitrogens with one attached hydrogen (secondary N) is 1. The molecule has 8 heteroatoms. The molecule has 2 rings (SSSR count). The second-order valence-corrected chi connectivity index (χ2v) is 9.74. The van der Waals surface area contributed by atoms with E-state index in [-0.39, 0.29) is 10.8 Å². The van der Waals surface area contributed by atoms with Gasteiger partial charge in [-0.2, -0.15) is 0 Å². The van der Waals surface area contributed by atoms with E-state index in [4.69, 9.17) is 4.74 Å². The van der Waals surface area contributed by atoms with Gasteiger partial charge in [0.25, 0.3) is 0 Å². The summed E-state index contributed by atoms with van der Waals surface area (Å²) in [6.07, 6.45) is 4.86. The van der Waals surface area contributed by atoms with Gasteiger partial charge in [0.1, 0.15) is 21.6 Å². The summed E-state index contributed by atoms with van der Waals surface area (Å²) in [4.78, 5) is 11.4. The fourth-order valence-corrected chi connectivity index (χ4v) is 2.96. The molecule has 0 atom stereocenters. The highest BCUT2D eigenvalue weighted by Crippen LogP contribution is 2.15. The molecule has 0 bridgehead atoms. The monoisotopic (exact) mass is 411 g/mol. The second-order valence-electron chi connectivity index (χ2n) is 5.98. The third-order valence-electron chi connectivity index (χ3n) is 3.42. The van der Waals surface area contributed by atoms with Crippen molar-refractivity contribution in [3.05, 3.63) is 54.1 Å². The molecule has 0 fully saturated rings. The summed E-state index contributed by atoms with van der Waals surface area (Å²) in [6.45, 7) is 1.82. The summed E-state index contributed by atoms with van der Waals surface area (Å²) in [5, 5.41) is 2.86. The van der Waals surface area contributed by atoms with Gasteiger partial charge < -0.3 is 14.6 Å². The fourth-order valence-electron chi connectivity index (χ4n) is 1.90. The third kappa shape index (κ3) is 9.46. The highest BCUT2D eigenvalue weighted by Gasteiger charge is 2.08. The Morgan fingerprint density at radius 1 is 1.07 bits per heavy atom. The van der Waals surface area contributed by atoms with Gasteiger partial charge in [0.05, 0.1) is 30.9 Å². The van der Waals surface area contributed by atoms with E-state index in [1.54, 1.807) is 19.2 Å². The van der Waals surface area contributed by atoms with Crippen LogP contribution in [0, 0.1) is 6.92 Å². The first-order valence-corrected chi connectivity index (χ1v) is 11.7. The summed E-state index contributed by atoms with van der Waals surface area (Å²) in [6, 6.07) is 13.1. The molecule has 0 radical (unpaired) electrons. The van der Waals surface area contributed by atoms with Crippen molar-refractivity contribution in [2.45, 2.75) is 18.2 Å². The zero-order valence-corrected chi connectivity index (χ0v) is 17.5. The van der Waals surface area contributed by atoms with Gasteiger partial charge in [0.15, 0.2) is 0 Å². The Morgan fingerprint density at radius 3 is 2.07 bits per heavy atom. The van der Waals surface area contributed by atoms with Gasteiger partial charge in [-0.05, 0) is 54.2 Å². The van der Waals surface area contributed by atoms with Crippen LogP contribution < -0.4 is 10.1 Å². The first-order chi connectivity index (χ1) is 12.6. The largest absolute Gasteiger partial charge is 0.744 e. The first-order valence-electron chi connectivity index (χ1n) is 8.12. The molecule has 6 nitrogen and oxygen atoms in total. The minimum atomic E-state index is -4.27. The molecule has 148 valence electrons. The number of benzene rings is 2. The lowest BCUT2D eigenvalue weighted by Crippen LogP contribution is -2.16. The number of amides is 1. The van der Waals surface area contributed by atoms with Crippen molar-refractivity contribution in [3.63, 3.8) is 0 Å². The molecule has 0 saturated carbocycles. The van der Waals surface area contributed by atoms with Crippen LogP contribution >= 0.6 is 0 Å². The molecule has 0 aliphatic rings. The molecule has 1 N–H and O–H groups in total. The standard InChI is InChI=1S/C12H17NO2S.C7H8O3S/c1-15-11-6-4-10(5-7-11)13-12(14)8-9-16(2)3;1-6-2-4-7(5-3-6)11(8,9)10/h4-7H,8-9H2,1-3H3;2-5H,1H3,(H,8,9,10). The lowest BCUT2D eigenvalue weighted by atomic mass is 10.2. The number of methoxy groups -OCH3 is 1. The van der Waals surface area contributed by atoms with Gasteiger partial charge in [0, 0.05) is 5.69 Å². The second kappa shape index (κ2) is 11.0. The minimum Gasteiger partial charge on any atom is -0.744 e. The molecular weight excluding hydrogens is 386 g/mol. The molecule has 2 aromatic rings. The molecule has 0 saturated heterocycles. The quantitative estimate of drug-likeness (QED) is 0.582. The first kappa shape index (κ1) is 23.0. The van der Waals surface area contributed by atoms with Crippen LogP contribution in [0.2, 0.25) is 0 Å². The highest BCUT2D eigenvalue weighted by molar-refractivity contribution is 7.95. The van der Waals surface area contributed by atoms with E-state index in [0.717, 1.165) is 22.8 Å². The van der Waals surface area contributed by atoms with E-state index in [1.807, 2.05) is 31.2 Å². The van der Waals surface area contributed by atoms with Crippen molar-refractivity contribution in [3.8, 4) is 5.75 Å². The van der Waals surface area contributed by atoms with Crippen LogP contribution in [-0.2, 0) is 25.8 Å². The maximum absolute atomic E-state index is 11.5. The van der Waals surface area contributed by atoms with Crippen LogP contribution in [0.3, 0.4) is 0 Å². The Hall–Kier alpha value is -2.03. The van der Waals surface area contributed by atoms with E-state index < -0.39 is 10.1 Å². The zero-order chi connectivity index (χ0) is 20.4. The van der Waals surface area contributed by atoms with Crippen molar-refractivity contribution in [1.82, 2.24) is 0 Å². The summed E-state index contributed by atoms with van der Waals surface area (Å²) in [5.74, 6) is 1.81. The Bertz CT molecular complexity index is 816. The van der Waals surface area contributed by atoms with Gasteiger partial charge in [-0.25, -0.2) is 8.42 Å². The third-order valence-corrected chi connectivity index (χ3v) is 5.29. The van der Waals surface area contributed by atoms with Crippen LogP contribution in [0.15, 0.2) is 53.4 Å². The Kier molecular flexibility index (Phi) is 9.34. The summed E-state index contributed by atoms with van der Waals surface area (Å²) < 4.78 is 36.2. The Balaban J connectivity index is 0.000000289. The molecule has 0 heterocycles. The topological polar surface area (TPSA) is 95.5 Å². The predicted molar refractivity (Wildman–Crippen MR) is 109 cm³/mol. The van der Waals surface area contributed by atoms with Gasteiger partial charge in [-0.3, -0.25) is 4.79 Å². The van der Waals surface area contributed by atoms with E-state index in [1.165, 1.54) is 12.1 Å². The average molecular weight is 412 g/mol. The lowest BCUT2D eigenvalue weighted by Gasteiger charge is -2.05.